The summed E-state index contributed by atoms with van der Waals surface area (Å²) in [6.07, 6.45) is 2.87. The van der Waals surface area contributed by atoms with E-state index in [1.807, 2.05) is 0 Å². The van der Waals surface area contributed by atoms with Gasteiger partial charge in [-0.1, -0.05) is 18.2 Å². The highest BCUT2D eigenvalue weighted by molar-refractivity contribution is 5.95. The molecule has 2 rings (SSSR count). The van der Waals surface area contributed by atoms with E-state index < -0.39 is 5.97 Å². The molecule has 17 heavy (non-hydrogen) atoms. The number of pyridine rings is 1. The van der Waals surface area contributed by atoms with Crippen molar-refractivity contribution in [1.29, 1.82) is 0 Å². The van der Waals surface area contributed by atoms with E-state index in [9.17, 15) is 4.79 Å². The average molecular weight is 229 g/mol. The normalized spacial score (nSPS) is 10.2. The second kappa shape index (κ2) is 4.76. The summed E-state index contributed by atoms with van der Waals surface area (Å²) in [5.41, 5.74) is 2.26. The van der Waals surface area contributed by atoms with Crippen LogP contribution in [0.1, 0.15) is 15.9 Å². The molecule has 0 amide bonds. The van der Waals surface area contributed by atoms with Gasteiger partial charge in [-0.05, 0) is 28.8 Å². The molecule has 4 nitrogen and oxygen atoms in total. The molecule has 0 radical (unpaired) electrons. The fourth-order valence-corrected chi connectivity index (χ4v) is 1.65. The van der Waals surface area contributed by atoms with E-state index in [0.29, 0.717) is 5.56 Å². The van der Waals surface area contributed by atoms with Crippen molar-refractivity contribution >= 4 is 5.97 Å². The average Bonchev–Trinajstić information content (AvgIpc) is 2.39. The second-order valence-corrected chi connectivity index (χ2v) is 3.58. The molecule has 0 saturated carbocycles. The van der Waals surface area contributed by atoms with Crippen LogP contribution in [-0.4, -0.2) is 21.2 Å². The Hall–Kier alpha value is -2.20. The van der Waals surface area contributed by atoms with Crippen molar-refractivity contribution in [1.82, 2.24) is 4.98 Å². The van der Waals surface area contributed by atoms with Gasteiger partial charge in [-0.25, -0.2) is 4.79 Å². The van der Waals surface area contributed by atoms with Crippen molar-refractivity contribution in [2.75, 3.05) is 0 Å². The summed E-state index contributed by atoms with van der Waals surface area (Å²) in [5, 5.41) is 18.1. The Morgan fingerprint density at radius 1 is 1.29 bits per heavy atom. The van der Waals surface area contributed by atoms with Crippen molar-refractivity contribution in [3.8, 4) is 11.1 Å². The number of carboxylic acids is 1. The molecule has 86 valence electrons. The lowest BCUT2D eigenvalue weighted by atomic mass is 10.00. The number of aliphatic hydroxyl groups is 1. The van der Waals surface area contributed by atoms with Crippen molar-refractivity contribution in [3.05, 3.63) is 53.9 Å². The van der Waals surface area contributed by atoms with Gasteiger partial charge in [0.25, 0.3) is 0 Å². The summed E-state index contributed by atoms with van der Waals surface area (Å²) < 4.78 is 0. The van der Waals surface area contributed by atoms with Gasteiger partial charge < -0.3 is 10.2 Å². The number of carbonyl (C=O) groups is 1. The lowest BCUT2D eigenvalue weighted by Crippen LogP contribution is -2.00. The van der Waals surface area contributed by atoms with Crippen molar-refractivity contribution in [2.45, 2.75) is 6.61 Å². The molecule has 1 aromatic heterocycles. The molecule has 0 atom stereocenters. The van der Waals surface area contributed by atoms with Crippen LogP contribution >= 0.6 is 0 Å². The number of aromatic carboxylic acids is 1. The zero-order chi connectivity index (χ0) is 12.3. The first kappa shape index (κ1) is 11.3. The van der Waals surface area contributed by atoms with Gasteiger partial charge in [0.2, 0.25) is 0 Å². The number of aliphatic hydroxyl groups excluding tert-OH is 1. The van der Waals surface area contributed by atoms with Gasteiger partial charge in [0.1, 0.15) is 0 Å². The summed E-state index contributed by atoms with van der Waals surface area (Å²) in [7, 11) is 0. The zero-order valence-electron chi connectivity index (χ0n) is 9.00. The molecule has 4 heteroatoms. The van der Waals surface area contributed by atoms with Crippen LogP contribution in [0.2, 0.25) is 0 Å². The smallest absolute Gasteiger partial charge is 0.337 e. The van der Waals surface area contributed by atoms with Crippen LogP contribution in [0, 0.1) is 0 Å². The van der Waals surface area contributed by atoms with E-state index in [-0.39, 0.29) is 12.2 Å². The Morgan fingerprint density at radius 2 is 2.12 bits per heavy atom. The summed E-state index contributed by atoms with van der Waals surface area (Å²) >= 11 is 0. The topological polar surface area (TPSA) is 70.4 Å². The van der Waals surface area contributed by atoms with E-state index in [0.717, 1.165) is 11.1 Å². The molecule has 2 N–H and O–H groups in total. The van der Waals surface area contributed by atoms with Crippen LogP contribution in [0.5, 0.6) is 0 Å². The number of hydrogen-bond donors (Lipinski definition) is 2. The quantitative estimate of drug-likeness (QED) is 0.843. The Balaban J connectivity index is 2.56. The van der Waals surface area contributed by atoms with E-state index in [4.69, 9.17) is 10.2 Å². The summed E-state index contributed by atoms with van der Waals surface area (Å²) in [4.78, 5) is 14.9. The van der Waals surface area contributed by atoms with E-state index in [1.165, 1.54) is 6.20 Å². The maximum atomic E-state index is 11.1. The van der Waals surface area contributed by atoms with Crippen molar-refractivity contribution < 1.29 is 15.0 Å². The Kier molecular flexibility index (Phi) is 3.16. The van der Waals surface area contributed by atoms with Gasteiger partial charge in [-0.2, -0.15) is 0 Å². The molecule has 1 heterocycles. The number of nitrogens with zero attached hydrogens (tertiary/aromatic N) is 1. The molecule has 0 saturated heterocycles. The van der Waals surface area contributed by atoms with Gasteiger partial charge in [0, 0.05) is 12.4 Å². The van der Waals surface area contributed by atoms with Crippen molar-refractivity contribution in [3.63, 3.8) is 0 Å². The molecule has 0 bridgehead atoms. The van der Waals surface area contributed by atoms with E-state index >= 15 is 0 Å². The van der Waals surface area contributed by atoms with Crippen LogP contribution in [0.15, 0.2) is 42.7 Å². The Morgan fingerprint density at radius 3 is 2.82 bits per heavy atom. The lowest BCUT2D eigenvalue weighted by molar-refractivity contribution is 0.0697. The minimum absolute atomic E-state index is 0.0681. The number of benzene rings is 1. The van der Waals surface area contributed by atoms with Crippen LogP contribution in [0.3, 0.4) is 0 Å². The highest BCUT2D eigenvalue weighted by atomic mass is 16.4. The standard InChI is InChI=1S/C13H11NO3/c15-8-9-2-1-3-10(6-9)11-4-5-14-7-12(11)13(16)17/h1-7,15H,8H2,(H,16,17). The van der Waals surface area contributed by atoms with E-state index in [1.54, 1.807) is 36.5 Å². The third-order valence-corrected chi connectivity index (χ3v) is 2.47. The first-order chi connectivity index (χ1) is 8.22. The number of hydrogen-bond acceptors (Lipinski definition) is 3. The zero-order valence-corrected chi connectivity index (χ0v) is 9.00. The van der Waals surface area contributed by atoms with E-state index in [2.05, 4.69) is 4.98 Å². The van der Waals surface area contributed by atoms with Crippen LogP contribution < -0.4 is 0 Å². The Bertz CT molecular complexity index is 552. The van der Waals surface area contributed by atoms with Gasteiger partial charge in [0.15, 0.2) is 0 Å². The number of carboxylic acid groups (broad SMARTS) is 1. The SMILES string of the molecule is O=C(O)c1cnccc1-c1cccc(CO)c1. The molecule has 2 aromatic rings. The van der Waals surface area contributed by atoms with Crippen molar-refractivity contribution in [2.24, 2.45) is 0 Å². The van der Waals surface area contributed by atoms with Crippen LogP contribution in [0.25, 0.3) is 11.1 Å². The molecule has 1 aromatic carbocycles. The molecular formula is C13H11NO3. The first-order valence-corrected chi connectivity index (χ1v) is 5.10. The van der Waals surface area contributed by atoms with Gasteiger partial charge in [-0.15, -0.1) is 0 Å². The van der Waals surface area contributed by atoms with Crippen LogP contribution in [-0.2, 0) is 6.61 Å². The molecule has 0 aliphatic rings. The summed E-state index contributed by atoms with van der Waals surface area (Å²) in [5.74, 6) is -1.01. The predicted molar refractivity (Wildman–Crippen MR) is 62.6 cm³/mol. The third kappa shape index (κ3) is 2.32. The molecule has 0 aliphatic heterocycles. The highest BCUT2D eigenvalue weighted by Gasteiger charge is 2.11. The van der Waals surface area contributed by atoms with Gasteiger partial charge in [-0.3, -0.25) is 4.98 Å². The maximum absolute atomic E-state index is 11.1. The van der Waals surface area contributed by atoms with Gasteiger partial charge in [0.05, 0.1) is 12.2 Å². The highest BCUT2D eigenvalue weighted by Crippen LogP contribution is 2.23. The molecule has 0 spiro atoms. The van der Waals surface area contributed by atoms with Gasteiger partial charge >= 0.3 is 5.97 Å². The minimum atomic E-state index is -1.01. The monoisotopic (exact) mass is 229 g/mol. The fraction of sp³-hybridized carbons (Fsp3) is 0.0769. The molecular weight excluding hydrogens is 218 g/mol. The maximum Gasteiger partial charge on any atom is 0.337 e. The molecule has 0 unspecified atom stereocenters. The lowest BCUT2D eigenvalue weighted by Gasteiger charge is -2.06. The first-order valence-electron chi connectivity index (χ1n) is 5.10. The summed E-state index contributed by atoms with van der Waals surface area (Å²) in [6.45, 7) is -0.0681. The second-order valence-electron chi connectivity index (χ2n) is 3.58. The number of rotatable bonds is 3. The number of aromatic nitrogens is 1. The Labute approximate surface area is 98.2 Å². The fourth-order valence-electron chi connectivity index (χ4n) is 1.65. The third-order valence-electron chi connectivity index (χ3n) is 2.47. The molecule has 0 aliphatic carbocycles. The summed E-state index contributed by atoms with van der Waals surface area (Å²) in [6, 6.07) is 8.79. The van der Waals surface area contributed by atoms with Crippen LogP contribution in [0.4, 0.5) is 0 Å². The largest absolute Gasteiger partial charge is 0.478 e. The minimum Gasteiger partial charge on any atom is -0.478 e. The predicted octanol–water partition coefficient (Wildman–Crippen LogP) is 1.94. The molecule has 0 fully saturated rings.